The van der Waals surface area contributed by atoms with Crippen LogP contribution in [0.25, 0.3) is 0 Å². The Kier molecular flexibility index (Phi) is 8.01. The molecule has 0 aliphatic heterocycles. The second kappa shape index (κ2) is 10.5. The zero-order valence-electron chi connectivity index (χ0n) is 15.4. The SMILES string of the molecule is C=CC(=O)OCCCCCCOC1(c2ccccc2)C=CC(C(=O)O)=CC1. The first kappa shape index (κ1) is 20.6. The molecule has 0 spiro atoms. The molecule has 144 valence electrons. The highest BCUT2D eigenvalue weighted by Gasteiger charge is 2.32. The van der Waals surface area contributed by atoms with Crippen LogP contribution in [0, 0.1) is 0 Å². The fourth-order valence-electron chi connectivity index (χ4n) is 2.95. The van der Waals surface area contributed by atoms with Crippen molar-refractivity contribution in [2.45, 2.75) is 37.7 Å². The molecule has 5 nitrogen and oxygen atoms in total. The minimum absolute atomic E-state index is 0.291. The zero-order chi connectivity index (χ0) is 19.5. The van der Waals surface area contributed by atoms with Crippen molar-refractivity contribution in [3.05, 3.63) is 72.4 Å². The molecule has 27 heavy (non-hydrogen) atoms. The maximum absolute atomic E-state index is 11.2. The lowest BCUT2D eigenvalue weighted by molar-refractivity contribution is -0.138. The smallest absolute Gasteiger partial charge is 0.335 e. The summed E-state index contributed by atoms with van der Waals surface area (Å²) in [5.41, 5.74) is 0.678. The molecule has 1 N–H and O–H groups in total. The topological polar surface area (TPSA) is 72.8 Å². The highest BCUT2D eigenvalue weighted by Crippen LogP contribution is 2.35. The van der Waals surface area contributed by atoms with E-state index in [0.717, 1.165) is 31.2 Å². The van der Waals surface area contributed by atoms with Crippen molar-refractivity contribution in [1.29, 1.82) is 0 Å². The van der Waals surface area contributed by atoms with Gasteiger partial charge in [0.15, 0.2) is 0 Å². The summed E-state index contributed by atoms with van der Waals surface area (Å²) in [7, 11) is 0. The van der Waals surface area contributed by atoms with Gasteiger partial charge in [0, 0.05) is 19.1 Å². The molecule has 0 aromatic heterocycles. The molecule has 2 rings (SSSR count). The summed E-state index contributed by atoms with van der Waals surface area (Å²) in [5, 5.41) is 9.15. The van der Waals surface area contributed by atoms with Crippen LogP contribution in [0.5, 0.6) is 0 Å². The van der Waals surface area contributed by atoms with Crippen LogP contribution in [0.3, 0.4) is 0 Å². The van der Waals surface area contributed by atoms with Gasteiger partial charge in [-0.2, -0.15) is 0 Å². The number of hydrogen-bond donors (Lipinski definition) is 1. The standard InChI is InChI=1S/C22H26O5/c1-2-20(23)26-16-8-3-4-9-17-27-22(19-10-6-5-7-11-19)14-12-18(13-15-22)21(24)25/h2,5-7,10-14H,1,3-4,8-9,15-17H2,(H,24,25). The lowest BCUT2D eigenvalue weighted by Crippen LogP contribution is -2.29. The van der Waals surface area contributed by atoms with Gasteiger partial charge in [0.2, 0.25) is 0 Å². The quantitative estimate of drug-likeness (QED) is 0.360. The lowest BCUT2D eigenvalue weighted by atomic mass is 9.85. The molecule has 1 aliphatic carbocycles. The average molecular weight is 370 g/mol. The van der Waals surface area contributed by atoms with Gasteiger partial charge in [0.25, 0.3) is 0 Å². The summed E-state index contributed by atoms with van der Waals surface area (Å²) in [6.07, 6.45) is 10.4. The molecule has 0 fully saturated rings. The third-order valence-corrected chi connectivity index (χ3v) is 4.48. The molecular formula is C22H26O5. The number of carbonyl (C=O) groups is 2. The van der Waals surface area contributed by atoms with E-state index in [4.69, 9.17) is 14.6 Å². The van der Waals surface area contributed by atoms with Crippen LogP contribution in [0.4, 0.5) is 0 Å². The molecule has 0 amide bonds. The van der Waals surface area contributed by atoms with Gasteiger partial charge in [0.05, 0.1) is 12.2 Å². The first-order valence-corrected chi connectivity index (χ1v) is 9.19. The predicted octanol–water partition coefficient (Wildman–Crippen LogP) is 4.16. The predicted molar refractivity (Wildman–Crippen MR) is 103 cm³/mol. The van der Waals surface area contributed by atoms with Crippen LogP contribution >= 0.6 is 0 Å². The van der Waals surface area contributed by atoms with Gasteiger partial charge in [0.1, 0.15) is 5.60 Å². The molecular weight excluding hydrogens is 344 g/mol. The van der Waals surface area contributed by atoms with E-state index in [-0.39, 0.29) is 5.97 Å². The van der Waals surface area contributed by atoms with Crippen molar-refractivity contribution < 1.29 is 24.2 Å². The number of benzene rings is 1. The lowest BCUT2D eigenvalue weighted by Gasteiger charge is -2.33. The number of aliphatic carboxylic acids is 1. The van der Waals surface area contributed by atoms with Gasteiger partial charge in [-0.25, -0.2) is 9.59 Å². The molecule has 1 atom stereocenters. The van der Waals surface area contributed by atoms with E-state index in [2.05, 4.69) is 6.58 Å². The Morgan fingerprint density at radius 1 is 1.11 bits per heavy atom. The Bertz CT molecular complexity index is 705. The second-order valence-electron chi connectivity index (χ2n) is 6.39. The molecule has 1 unspecified atom stereocenters. The van der Waals surface area contributed by atoms with E-state index < -0.39 is 11.6 Å². The highest BCUT2D eigenvalue weighted by molar-refractivity contribution is 5.90. The molecule has 0 radical (unpaired) electrons. The van der Waals surface area contributed by atoms with Crippen LogP contribution in [0.15, 0.2) is 66.8 Å². The van der Waals surface area contributed by atoms with Crippen LogP contribution in [0.2, 0.25) is 0 Å². The Morgan fingerprint density at radius 2 is 1.81 bits per heavy atom. The van der Waals surface area contributed by atoms with E-state index in [1.807, 2.05) is 36.4 Å². The third kappa shape index (κ3) is 6.22. The first-order valence-electron chi connectivity index (χ1n) is 9.19. The molecule has 5 heteroatoms. The minimum Gasteiger partial charge on any atom is -0.478 e. The largest absolute Gasteiger partial charge is 0.478 e. The molecule has 0 bridgehead atoms. The molecule has 0 saturated carbocycles. The summed E-state index contributed by atoms with van der Waals surface area (Å²) < 4.78 is 11.2. The summed E-state index contributed by atoms with van der Waals surface area (Å²) in [6, 6.07) is 9.85. The number of esters is 1. The zero-order valence-corrected chi connectivity index (χ0v) is 15.4. The van der Waals surface area contributed by atoms with Gasteiger partial charge in [-0.3, -0.25) is 0 Å². The number of carboxylic acid groups (broad SMARTS) is 1. The number of ether oxygens (including phenoxy) is 2. The number of hydrogen-bond acceptors (Lipinski definition) is 4. The van der Waals surface area contributed by atoms with Gasteiger partial charge < -0.3 is 14.6 Å². The van der Waals surface area contributed by atoms with Crippen LogP contribution in [-0.2, 0) is 24.7 Å². The first-order chi connectivity index (χ1) is 13.1. The van der Waals surface area contributed by atoms with Crippen molar-refractivity contribution in [2.24, 2.45) is 0 Å². The summed E-state index contributed by atoms with van der Waals surface area (Å²) in [5.74, 6) is -1.31. The van der Waals surface area contributed by atoms with Gasteiger partial charge in [-0.1, -0.05) is 49.4 Å². The van der Waals surface area contributed by atoms with Crippen molar-refractivity contribution in [2.75, 3.05) is 13.2 Å². The summed E-state index contributed by atoms with van der Waals surface area (Å²) >= 11 is 0. The Balaban J connectivity index is 1.83. The van der Waals surface area contributed by atoms with Crippen molar-refractivity contribution >= 4 is 11.9 Å². The number of carbonyl (C=O) groups excluding carboxylic acids is 1. The van der Waals surface area contributed by atoms with Crippen LogP contribution < -0.4 is 0 Å². The van der Waals surface area contributed by atoms with Crippen LogP contribution in [-0.4, -0.2) is 30.3 Å². The molecule has 1 aromatic carbocycles. The fraction of sp³-hybridized carbons (Fsp3) is 0.364. The van der Waals surface area contributed by atoms with E-state index in [1.54, 1.807) is 12.2 Å². The Hall–Kier alpha value is -2.66. The van der Waals surface area contributed by atoms with Gasteiger partial charge in [-0.15, -0.1) is 0 Å². The normalized spacial score (nSPS) is 18.6. The van der Waals surface area contributed by atoms with Crippen molar-refractivity contribution in [1.82, 2.24) is 0 Å². The summed E-state index contributed by atoms with van der Waals surface area (Å²) in [4.78, 5) is 22.1. The maximum Gasteiger partial charge on any atom is 0.335 e. The molecule has 0 saturated heterocycles. The molecule has 1 aliphatic rings. The van der Waals surface area contributed by atoms with E-state index in [0.29, 0.717) is 25.2 Å². The fourth-order valence-corrected chi connectivity index (χ4v) is 2.95. The molecule has 1 aromatic rings. The number of carboxylic acids is 1. The Labute approximate surface area is 160 Å². The number of rotatable bonds is 11. The second-order valence-corrected chi connectivity index (χ2v) is 6.39. The van der Waals surface area contributed by atoms with E-state index >= 15 is 0 Å². The molecule has 0 heterocycles. The Morgan fingerprint density at radius 3 is 2.41 bits per heavy atom. The van der Waals surface area contributed by atoms with Crippen LogP contribution in [0.1, 0.15) is 37.7 Å². The summed E-state index contributed by atoms with van der Waals surface area (Å²) in [6.45, 7) is 4.34. The highest BCUT2D eigenvalue weighted by atomic mass is 16.5. The van der Waals surface area contributed by atoms with Gasteiger partial charge in [-0.05, 0) is 37.0 Å². The monoisotopic (exact) mass is 370 g/mol. The minimum atomic E-state index is -0.926. The van der Waals surface area contributed by atoms with Crippen molar-refractivity contribution in [3.8, 4) is 0 Å². The van der Waals surface area contributed by atoms with Gasteiger partial charge >= 0.3 is 11.9 Å². The van der Waals surface area contributed by atoms with E-state index in [1.165, 1.54) is 6.08 Å². The van der Waals surface area contributed by atoms with E-state index in [9.17, 15) is 9.59 Å². The third-order valence-electron chi connectivity index (χ3n) is 4.48. The van der Waals surface area contributed by atoms with Crippen molar-refractivity contribution in [3.63, 3.8) is 0 Å². The maximum atomic E-state index is 11.2. The average Bonchev–Trinajstić information content (AvgIpc) is 2.70. The number of unbranched alkanes of at least 4 members (excludes halogenated alkanes) is 3.